The molecule has 4 rings (SSSR count). The standard InChI is InChI=1S/C25H36N2O2/c1-6-13-23(2,3)27-22(29)19-9-8-17-16-7-10-20-25(5,15-12-21(28)26-20)18(16)11-14-24(17,19)4/h12,15-20H,7-11,14H2,1-5H3,(H,26,28)(H,27,29)/t16-,17-,18+,19?,20?,24-,25+/m0/s1. The summed E-state index contributed by atoms with van der Waals surface area (Å²) in [5.41, 5.74) is -0.350. The molecule has 29 heavy (non-hydrogen) atoms. The van der Waals surface area contributed by atoms with Crippen molar-refractivity contribution in [1.29, 1.82) is 0 Å². The number of hydrogen-bond donors (Lipinski definition) is 2. The molecule has 4 aliphatic rings. The van der Waals surface area contributed by atoms with Crippen LogP contribution in [0.2, 0.25) is 0 Å². The van der Waals surface area contributed by atoms with Crippen molar-refractivity contribution in [3.63, 3.8) is 0 Å². The van der Waals surface area contributed by atoms with Crippen molar-refractivity contribution in [3.8, 4) is 11.8 Å². The fraction of sp³-hybridized carbons (Fsp3) is 0.760. The van der Waals surface area contributed by atoms with Crippen molar-refractivity contribution in [3.05, 3.63) is 12.2 Å². The second-order valence-corrected chi connectivity index (χ2v) is 10.9. The van der Waals surface area contributed by atoms with Crippen LogP contribution in [0.25, 0.3) is 0 Å². The van der Waals surface area contributed by atoms with Gasteiger partial charge in [-0.3, -0.25) is 9.59 Å². The van der Waals surface area contributed by atoms with E-state index in [1.165, 1.54) is 6.42 Å². The Labute approximate surface area is 175 Å². The van der Waals surface area contributed by atoms with Crippen LogP contribution >= 0.6 is 0 Å². The molecule has 0 saturated heterocycles. The van der Waals surface area contributed by atoms with Crippen molar-refractivity contribution in [1.82, 2.24) is 10.6 Å². The molecule has 2 amide bonds. The van der Waals surface area contributed by atoms with Crippen molar-refractivity contribution in [2.75, 3.05) is 0 Å². The second-order valence-electron chi connectivity index (χ2n) is 10.9. The number of nitrogens with one attached hydrogen (secondary N) is 2. The van der Waals surface area contributed by atoms with Crippen molar-refractivity contribution in [2.45, 2.75) is 84.7 Å². The predicted molar refractivity (Wildman–Crippen MR) is 115 cm³/mol. The molecule has 2 N–H and O–H groups in total. The van der Waals surface area contributed by atoms with Gasteiger partial charge in [-0.05, 0) is 88.5 Å². The summed E-state index contributed by atoms with van der Waals surface area (Å²) in [4.78, 5) is 25.1. The molecule has 0 aromatic rings. The lowest BCUT2D eigenvalue weighted by atomic mass is 9.48. The van der Waals surface area contributed by atoms with Gasteiger partial charge in [-0.2, -0.15) is 0 Å². The summed E-state index contributed by atoms with van der Waals surface area (Å²) < 4.78 is 0. The average Bonchev–Trinajstić information content (AvgIpc) is 2.99. The van der Waals surface area contributed by atoms with Gasteiger partial charge in [-0.25, -0.2) is 0 Å². The maximum atomic E-state index is 13.2. The maximum absolute atomic E-state index is 13.2. The number of rotatable bonds is 2. The molecule has 4 heteroatoms. The van der Waals surface area contributed by atoms with Crippen LogP contribution in [0.3, 0.4) is 0 Å². The van der Waals surface area contributed by atoms with Gasteiger partial charge in [0.15, 0.2) is 0 Å². The molecule has 0 spiro atoms. The number of carbonyl (C=O) groups excluding carboxylic acids is 2. The maximum Gasteiger partial charge on any atom is 0.243 e. The van der Waals surface area contributed by atoms with E-state index in [2.05, 4.69) is 42.4 Å². The summed E-state index contributed by atoms with van der Waals surface area (Å²) in [7, 11) is 0. The molecule has 158 valence electrons. The third-order valence-electron chi connectivity index (χ3n) is 8.88. The molecular weight excluding hydrogens is 360 g/mol. The summed E-state index contributed by atoms with van der Waals surface area (Å²) in [5, 5.41) is 6.44. The lowest BCUT2D eigenvalue weighted by Crippen LogP contribution is -2.59. The first-order chi connectivity index (χ1) is 13.6. The monoisotopic (exact) mass is 396 g/mol. The molecule has 7 atom stereocenters. The molecule has 2 unspecified atom stereocenters. The molecule has 4 nitrogen and oxygen atoms in total. The van der Waals surface area contributed by atoms with Gasteiger partial charge in [0.05, 0.1) is 5.54 Å². The highest BCUT2D eigenvalue weighted by Gasteiger charge is 2.61. The Morgan fingerprint density at radius 2 is 1.93 bits per heavy atom. The van der Waals surface area contributed by atoms with Crippen LogP contribution in [-0.4, -0.2) is 23.4 Å². The Morgan fingerprint density at radius 1 is 1.17 bits per heavy atom. The van der Waals surface area contributed by atoms with Crippen LogP contribution in [-0.2, 0) is 9.59 Å². The number of amides is 2. The number of hydrogen-bond acceptors (Lipinski definition) is 2. The van der Waals surface area contributed by atoms with Crippen LogP contribution < -0.4 is 10.6 Å². The van der Waals surface area contributed by atoms with E-state index in [0.717, 1.165) is 32.1 Å². The molecule has 0 radical (unpaired) electrons. The Morgan fingerprint density at radius 3 is 2.66 bits per heavy atom. The second kappa shape index (κ2) is 6.89. The molecule has 1 aliphatic heterocycles. The Kier molecular flexibility index (Phi) is 4.88. The molecule has 3 fully saturated rings. The molecule has 3 aliphatic carbocycles. The topological polar surface area (TPSA) is 58.2 Å². The smallest absolute Gasteiger partial charge is 0.243 e. The van der Waals surface area contributed by atoms with Crippen LogP contribution in [0.5, 0.6) is 0 Å². The van der Waals surface area contributed by atoms with Crippen molar-refractivity contribution < 1.29 is 9.59 Å². The zero-order valence-electron chi connectivity index (χ0n) is 18.6. The Balaban J connectivity index is 1.56. The highest BCUT2D eigenvalue weighted by Crippen LogP contribution is 2.65. The fourth-order valence-corrected chi connectivity index (χ4v) is 7.50. The van der Waals surface area contributed by atoms with Gasteiger partial charge in [0.1, 0.15) is 0 Å². The third-order valence-corrected chi connectivity index (χ3v) is 8.88. The fourth-order valence-electron chi connectivity index (χ4n) is 7.50. The highest BCUT2D eigenvalue weighted by atomic mass is 16.2. The molecule has 0 aromatic carbocycles. The minimum atomic E-state index is -0.478. The van der Waals surface area contributed by atoms with Crippen LogP contribution in [0.1, 0.15) is 73.1 Å². The molecule has 0 bridgehead atoms. The third kappa shape index (κ3) is 3.22. The predicted octanol–water partition coefficient (Wildman–Crippen LogP) is 3.82. The van der Waals surface area contributed by atoms with E-state index < -0.39 is 5.54 Å². The summed E-state index contributed by atoms with van der Waals surface area (Å²) in [6.07, 6.45) is 10.5. The Bertz CT molecular complexity index is 803. The molecular formula is C25H36N2O2. The normalized spacial score (nSPS) is 43.2. The van der Waals surface area contributed by atoms with E-state index in [1.807, 2.05) is 20.8 Å². The zero-order chi connectivity index (χ0) is 21.0. The van der Waals surface area contributed by atoms with Gasteiger partial charge >= 0.3 is 0 Å². The Hall–Kier alpha value is -1.76. The van der Waals surface area contributed by atoms with Gasteiger partial charge in [0.25, 0.3) is 0 Å². The van der Waals surface area contributed by atoms with Gasteiger partial charge in [0, 0.05) is 17.4 Å². The van der Waals surface area contributed by atoms with E-state index in [0.29, 0.717) is 17.8 Å². The number of carbonyl (C=O) groups is 2. The lowest BCUT2D eigenvalue weighted by molar-refractivity contribution is -0.135. The van der Waals surface area contributed by atoms with Crippen LogP contribution in [0, 0.1) is 46.3 Å². The first-order valence-corrected chi connectivity index (χ1v) is 11.4. The first-order valence-electron chi connectivity index (χ1n) is 11.4. The minimum absolute atomic E-state index is 0.0528. The number of fused-ring (bicyclic) bond motifs is 5. The quantitative estimate of drug-likeness (QED) is 0.697. The van der Waals surface area contributed by atoms with Crippen molar-refractivity contribution in [2.24, 2.45) is 34.5 Å². The van der Waals surface area contributed by atoms with Crippen LogP contribution in [0.15, 0.2) is 12.2 Å². The molecule has 3 saturated carbocycles. The van der Waals surface area contributed by atoms with E-state index in [-0.39, 0.29) is 34.6 Å². The van der Waals surface area contributed by atoms with Gasteiger partial charge in [-0.15, -0.1) is 5.92 Å². The van der Waals surface area contributed by atoms with Crippen LogP contribution in [0.4, 0.5) is 0 Å². The summed E-state index contributed by atoms with van der Waals surface area (Å²) in [6, 6.07) is 0.263. The lowest BCUT2D eigenvalue weighted by Gasteiger charge is -2.58. The summed E-state index contributed by atoms with van der Waals surface area (Å²) >= 11 is 0. The molecule has 1 heterocycles. The summed E-state index contributed by atoms with van der Waals surface area (Å²) in [6.45, 7) is 10.5. The first kappa shape index (κ1) is 20.5. The van der Waals surface area contributed by atoms with Gasteiger partial charge in [0.2, 0.25) is 11.8 Å². The SMILES string of the molecule is CC#CC(C)(C)NC(=O)C1CC[C@H]2[C@@H]3CCC4NC(=O)C=C[C@]4(C)[C@@H]3CC[C@]12C. The minimum Gasteiger partial charge on any atom is -0.349 e. The van der Waals surface area contributed by atoms with Gasteiger partial charge in [-0.1, -0.05) is 25.8 Å². The van der Waals surface area contributed by atoms with E-state index in [4.69, 9.17) is 0 Å². The van der Waals surface area contributed by atoms with Crippen molar-refractivity contribution >= 4 is 11.8 Å². The molecule has 0 aromatic heterocycles. The highest BCUT2D eigenvalue weighted by molar-refractivity contribution is 5.89. The largest absolute Gasteiger partial charge is 0.349 e. The van der Waals surface area contributed by atoms with E-state index >= 15 is 0 Å². The average molecular weight is 397 g/mol. The zero-order valence-corrected chi connectivity index (χ0v) is 18.6. The van der Waals surface area contributed by atoms with Gasteiger partial charge < -0.3 is 10.6 Å². The van der Waals surface area contributed by atoms with E-state index in [9.17, 15) is 9.59 Å². The summed E-state index contributed by atoms with van der Waals surface area (Å²) in [5.74, 6) is 8.23. The van der Waals surface area contributed by atoms with E-state index in [1.54, 1.807) is 6.08 Å².